The highest BCUT2D eigenvalue weighted by molar-refractivity contribution is 7.79. The Kier molecular flexibility index (Phi) is 4.20. The zero-order valence-electron chi connectivity index (χ0n) is 10.5. The molecule has 0 spiro atoms. The SMILES string of the molecule is CCn1c([N+](=O)[O-])cnc1C(c1nnc(C)s1)S(=O)[O-]. The fourth-order valence-corrected chi connectivity index (χ4v) is 3.39. The Morgan fingerprint density at radius 3 is 2.70 bits per heavy atom. The largest absolute Gasteiger partial charge is 0.771 e. The van der Waals surface area contributed by atoms with E-state index in [1.165, 1.54) is 4.57 Å². The number of hydrogen-bond acceptors (Lipinski definition) is 8. The molecule has 2 atom stereocenters. The average Bonchev–Trinajstić information content (AvgIpc) is 2.96. The van der Waals surface area contributed by atoms with Gasteiger partial charge >= 0.3 is 5.82 Å². The molecule has 0 aliphatic heterocycles. The minimum absolute atomic E-state index is 0.0729. The lowest BCUT2D eigenvalue weighted by atomic mass is 10.4. The van der Waals surface area contributed by atoms with Crippen molar-refractivity contribution in [1.82, 2.24) is 19.7 Å². The minimum atomic E-state index is -2.55. The van der Waals surface area contributed by atoms with Crippen LogP contribution in [0.2, 0.25) is 0 Å². The maximum Gasteiger partial charge on any atom is 0.342 e. The van der Waals surface area contributed by atoms with Gasteiger partial charge in [0, 0.05) is 0 Å². The molecule has 0 radical (unpaired) electrons. The van der Waals surface area contributed by atoms with Gasteiger partial charge in [-0.15, -0.1) is 21.5 Å². The van der Waals surface area contributed by atoms with Gasteiger partial charge < -0.3 is 14.7 Å². The summed E-state index contributed by atoms with van der Waals surface area (Å²) in [7, 11) is 0. The molecule has 0 aromatic carbocycles. The second kappa shape index (κ2) is 5.73. The summed E-state index contributed by atoms with van der Waals surface area (Å²) in [6.45, 7) is 3.60. The van der Waals surface area contributed by atoms with E-state index in [0.29, 0.717) is 5.01 Å². The maximum atomic E-state index is 11.5. The summed E-state index contributed by atoms with van der Waals surface area (Å²) in [5, 5.41) is 18.1. The maximum absolute atomic E-state index is 11.5. The Balaban J connectivity index is 2.56. The Morgan fingerprint density at radius 1 is 1.55 bits per heavy atom. The fraction of sp³-hybridized carbons (Fsp3) is 0.444. The number of nitrogens with zero attached hydrogens (tertiary/aromatic N) is 5. The first-order valence-electron chi connectivity index (χ1n) is 5.53. The molecule has 108 valence electrons. The van der Waals surface area contributed by atoms with Crippen LogP contribution >= 0.6 is 11.3 Å². The van der Waals surface area contributed by atoms with Gasteiger partial charge in [-0.25, -0.2) is 9.55 Å². The molecule has 2 heterocycles. The number of aryl methyl sites for hydroxylation is 1. The molecule has 0 bridgehead atoms. The molecule has 11 heteroatoms. The first-order valence-corrected chi connectivity index (χ1v) is 7.49. The highest BCUT2D eigenvalue weighted by atomic mass is 32.2. The van der Waals surface area contributed by atoms with Crippen molar-refractivity contribution >= 4 is 28.2 Å². The van der Waals surface area contributed by atoms with Crippen LogP contribution in [-0.2, 0) is 17.6 Å². The Bertz CT molecular complexity index is 667. The lowest BCUT2D eigenvalue weighted by Gasteiger charge is -2.14. The Morgan fingerprint density at radius 2 is 2.25 bits per heavy atom. The van der Waals surface area contributed by atoms with Crippen molar-refractivity contribution in [3.63, 3.8) is 0 Å². The number of imidazole rings is 1. The van der Waals surface area contributed by atoms with Crippen molar-refractivity contribution in [3.8, 4) is 0 Å². The zero-order valence-corrected chi connectivity index (χ0v) is 12.2. The van der Waals surface area contributed by atoms with E-state index in [2.05, 4.69) is 15.2 Å². The summed E-state index contributed by atoms with van der Waals surface area (Å²) in [5.74, 6) is -0.178. The van der Waals surface area contributed by atoms with Gasteiger partial charge in [-0.3, -0.25) is 4.21 Å². The summed E-state index contributed by atoms with van der Waals surface area (Å²) in [4.78, 5) is 14.2. The van der Waals surface area contributed by atoms with Crippen molar-refractivity contribution in [2.24, 2.45) is 0 Å². The summed E-state index contributed by atoms with van der Waals surface area (Å²) >= 11 is -1.43. The average molecular weight is 316 g/mol. The van der Waals surface area contributed by atoms with Gasteiger partial charge in [-0.2, -0.15) is 0 Å². The first kappa shape index (κ1) is 14.7. The molecule has 0 aliphatic rings. The van der Waals surface area contributed by atoms with E-state index in [1.54, 1.807) is 13.8 Å². The Hall–Kier alpha value is -1.72. The van der Waals surface area contributed by atoms with Crippen LogP contribution in [0, 0.1) is 17.0 Å². The molecular weight excluding hydrogens is 306 g/mol. The molecule has 0 saturated carbocycles. The van der Waals surface area contributed by atoms with Gasteiger partial charge in [0.2, 0.25) is 5.82 Å². The highest BCUT2D eigenvalue weighted by Crippen LogP contribution is 2.30. The first-order chi connectivity index (χ1) is 9.45. The molecule has 2 rings (SSSR count). The van der Waals surface area contributed by atoms with E-state index in [-0.39, 0.29) is 23.2 Å². The van der Waals surface area contributed by atoms with Crippen LogP contribution in [-0.4, -0.2) is 33.4 Å². The van der Waals surface area contributed by atoms with E-state index < -0.39 is 21.3 Å². The van der Waals surface area contributed by atoms with Crippen LogP contribution in [0.5, 0.6) is 0 Å². The molecule has 2 aromatic rings. The van der Waals surface area contributed by atoms with E-state index in [4.69, 9.17) is 0 Å². The summed E-state index contributed by atoms with van der Waals surface area (Å²) in [6.07, 6.45) is 1.05. The predicted octanol–water partition coefficient (Wildman–Crippen LogP) is 0.940. The summed E-state index contributed by atoms with van der Waals surface area (Å²) in [5.41, 5.74) is 0. The number of aromatic nitrogens is 4. The van der Waals surface area contributed by atoms with Gasteiger partial charge in [0.25, 0.3) is 0 Å². The van der Waals surface area contributed by atoms with Gasteiger partial charge in [0.05, 0.1) is 6.54 Å². The lowest BCUT2D eigenvalue weighted by molar-refractivity contribution is -0.392. The standard InChI is InChI=1S/C9H11N5O4S2/c1-3-13-6(14(15)16)4-10-8(13)7(20(17)18)9-12-11-5(2)19-9/h4,7H,3H2,1-2H3,(H,17,18)/p-1. The van der Waals surface area contributed by atoms with Crippen molar-refractivity contribution in [2.45, 2.75) is 25.6 Å². The van der Waals surface area contributed by atoms with Gasteiger partial charge in [-0.05, 0) is 29.9 Å². The van der Waals surface area contributed by atoms with Gasteiger partial charge in [-0.1, -0.05) is 0 Å². The second-order valence-corrected chi connectivity index (χ2v) is 5.98. The normalized spacial score (nSPS) is 14.2. The van der Waals surface area contributed by atoms with E-state index in [0.717, 1.165) is 17.5 Å². The van der Waals surface area contributed by atoms with E-state index >= 15 is 0 Å². The van der Waals surface area contributed by atoms with Crippen LogP contribution in [0.4, 0.5) is 5.82 Å². The monoisotopic (exact) mass is 316 g/mol. The molecule has 9 nitrogen and oxygen atoms in total. The van der Waals surface area contributed by atoms with Crippen LogP contribution in [0.3, 0.4) is 0 Å². The fourth-order valence-electron chi connectivity index (χ4n) is 1.76. The van der Waals surface area contributed by atoms with Crippen molar-refractivity contribution < 1.29 is 13.7 Å². The van der Waals surface area contributed by atoms with Crippen molar-refractivity contribution in [3.05, 3.63) is 32.2 Å². The third-order valence-corrected chi connectivity index (χ3v) is 4.43. The van der Waals surface area contributed by atoms with Gasteiger partial charge in [0.1, 0.15) is 16.2 Å². The molecule has 0 amide bonds. The van der Waals surface area contributed by atoms with Crippen LogP contribution in [0.25, 0.3) is 0 Å². The molecule has 0 saturated heterocycles. The van der Waals surface area contributed by atoms with Crippen LogP contribution in [0.15, 0.2) is 6.20 Å². The lowest BCUT2D eigenvalue weighted by Crippen LogP contribution is -2.15. The molecule has 20 heavy (non-hydrogen) atoms. The third-order valence-electron chi connectivity index (χ3n) is 2.56. The second-order valence-electron chi connectivity index (χ2n) is 3.78. The summed E-state index contributed by atoms with van der Waals surface area (Å²) in [6, 6.07) is 0. The van der Waals surface area contributed by atoms with Gasteiger partial charge in [0.15, 0.2) is 5.25 Å². The summed E-state index contributed by atoms with van der Waals surface area (Å²) < 4.78 is 24.2. The molecule has 2 aromatic heterocycles. The number of hydrogen-bond donors (Lipinski definition) is 0. The molecular formula is C9H10N5O4S2-. The topological polar surface area (TPSA) is 127 Å². The number of nitro groups is 1. The molecule has 0 aliphatic carbocycles. The number of rotatable bonds is 5. The minimum Gasteiger partial charge on any atom is -0.771 e. The molecule has 0 N–H and O–H groups in total. The molecule has 2 unspecified atom stereocenters. The third kappa shape index (κ3) is 2.59. The van der Waals surface area contributed by atoms with Crippen LogP contribution in [0.1, 0.15) is 28.0 Å². The molecule has 0 fully saturated rings. The zero-order chi connectivity index (χ0) is 14.9. The quantitative estimate of drug-likeness (QED) is 0.456. The van der Waals surface area contributed by atoms with Crippen molar-refractivity contribution in [2.75, 3.05) is 0 Å². The Labute approximate surface area is 120 Å². The van der Waals surface area contributed by atoms with Crippen LogP contribution < -0.4 is 0 Å². The predicted molar refractivity (Wildman–Crippen MR) is 70.0 cm³/mol. The van der Waals surface area contributed by atoms with E-state index in [1.807, 2.05) is 0 Å². The van der Waals surface area contributed by atoms with E-state index in [9.17, 15) is 18.9 Å². The smallest absolute Gasteiger partial charge is 0.342 e. The highest BCUT2D eigenvalue weighted by Gasteiger charge is 2.30. The van der Waals surface area contributed by atoms with Crippen molar-refractivity contribution in [1.29, 1.82) is 0 Å².